The highest BCUT2D eigenvalue weighted by Crippen LogP contribution is 2.52. The first-order chi connectivity index (χ1) is 9.99. The summed E-state index contributed by atoms with van der Waals surface area (Å²) in [4.78, 5) is 14.2. The summed E-state index contributed by atoms with van der Waals surface area (Å²) in [6.07, 6.45) is -0.864. The summed E-state index contributed by atoms with van der Waals surface area (Å²) >= 11 is 0. The van der Waals surface area contributed by atoms with E-state index in [1.54, 1.807) is 24.0 Å². The van der Waals surface area contributed by atoms with E-state index in [4.69, 9.17) is 0 Å². The molecule has 114 valence electrons. The molecule has 0 aromatic heterocycles. The summed E-state index contributed by atoms with van der Waals surface area (Å²) in [5.41, 5.74) is -0.844. The maximum atomic E-state index is 13.4. The van der Waals surface area contributed by atoms with Crippen LogP contribution in [0.5, 0.6) is 0 Å². The van der Waals surface area contributed by atoms with Crippen LogP contribution in [-0.2, 0) is 4.79 Å². The first-order valence-corrected chi connectivity index (χ1v) is 7.36. The van der Waals surface area contributed by atoms with Gasteiger partial charge >= 0.3 is 0 Å². The number of carbonyl (C=O) groups excluding carboxylic acids is 1. The predicted octanol–water partition coefficient (Wildman–Crippen LogP) is 3.92. The fraction of sp³-hybridized carbons (Fsp3) is 0.562. The summed E-state index contributed by atoms with van der Waals surface area (Å²) in [6, 6.07) is 5.69. The van der Waals surface area contributed by atoms with Crippen LogP contribution in [0.3, 0.4) is 0 Å². The number of halogens is 3. The van der Waals surface area contributed by atoms with Crippen molar-refractivity contribution >= 4 is 5.91 Å². The summed E-state index contributed by atoms with van der Waals surface area (Å²) in [7, 11) is 0. The lowest BCUT2D eigenvalue weighted by Gasteiger charge is -2.29. The maximum Gasteiger partial charge on any atom is 0.252 e. The van der Waals surface area contributed by atoms with Crippen LogP contribution >= 0.6 is 0 Å². The molecule has 0 saturated carbocycles. The van der Waals surface area contributed by atoms with E-state index in [1.165, 1.54) is 12.1 Å². The Kier molecular flexibility index (Phi) is 3.46. The molecule has 2 saturated heterocycles. The highest BCUT2D eigenvalue weighted by atomic mass is 19.3. The molecule has 2 aliphatic heterocycles. The zero-order valence-electron chi connectivity index (χ0n) is 11.9. The van der Waals surface area contributed by atoms with Crippen molar-refractivity contribution in [2.24, 2.45) is 5.41 Å². The molecule has 1 aromatic rings. The van der Waals surface area contributed by atoms with Crippen molar-refractivity contribution in [2.45, 2.75) is 51.1 Å². The van der Waals surface area contributed by atoms with Crippen LogP contribution in [0.15, 0.2) is 24.3 Å². The van der Waals surface area contributed by atoms with Crippen LogP contribution in [0.25, 0.3) is 0 Å². The van der Waals surface area contributed by atoms with Crippen molar-refractivity contribution in [2.75, 3.05) is 0 Å². The third-order valence-corrected chi connectivity index (χ3v) is 5.04. The minimum absolute atomic E-state index is 0.139. The predicted molar refractivity (Wildman–Crippen MR) is 72.4 cm³/mol. The van der Waals surface area contributed by atoms with Gasteiger partial charge in [-0.3, -0.25) is 4.79 Å². The fourth-order valence-corrected chi connectivity index (χ4v) is 3.83. The highest BCUT2D eigenvalue weighted by molar-refractivity contribution is 5.86. The highest BCUT2D eigenvalue weighted by Gasteiger charge is 2.59. The summed E-state index contributed by atoms with van der Waals surface area (Å²) < 4.78 is 40.3. The van der Waals surface area contributed by atoms with E-state index in [1.807, 2.05) is 0 Å². The van der Waals surface area contributed by atoms with Crippen molar-refractivity contribution in [1.82, 2.24) is 4.90 Å². The molecule has 0 bridgehead atoms. The molecule has 2 aliphatic rings. The molecule has 0 unspecified atom stereocenters. The van der Waals surface area contributed by atoms with E-state index in [-0.39, 0.29) is 30.7 Å². The number of fused-ring (bicyclic) bond motifs is 1. The minimum atomic E-state index is -2.64. The third kappa shape index (κ3) is 2.05. The number of alkyl halides is 2. The molecule has 0 spiro atoms. The van der Waals surface area contributed by atoms with Gasteiger partial charge in [0.05, 0.1) is 6.04 Å². The molecule has 2 nitrogen and oxygen atoms in total. The Balaban J connectivity index is 1.94. The Labute approximate surface area is 121 Å². The Morgan fingerprint density at radius 3 is 2.76 bits per heavy atom. The first-order valence-electron chi connectivity index (χ1n) is 7.36. The molecular formula is C16H18F3NO. The molecule has 21 heavy (non-hydrogen) atoms. The molecule has 5 heteroatoms. The maximum absolute atomic E-state index is 13.4. The van der Waals surface area contributed by atoms with Crippen LogP contribution in [0.4, 0.5) is 13.2 Å². The molecule has 0 radical (unpaired) electrons. The summed E-state index contributed by atoms with van der Waals surface area (Å²) in [5.74, 6) is -0.824. The van der Waals surface area contributed by atoms with Crippen LogP contribution < -0.4 is 0 Å². The van der Waals surface area contributed by atoms with Gasteiger partial charge in [-0.2, -0.15) is 0 Å². The third-order valence-electron chi connectivity index (χ3n) is 5.04. The Hall–Kier alpha value is -1.52. The van der Waals surface area contributed by atoms with E-state index in [0.717, 1.165) is 0 Å². The van der Waals surface area contributed by atoms with Crippen LogP contribution in [0, 0.1) is 11.2 Å². The van der Waals surface area contributed by atoms with E-state index in [2.05, 4.69) is 0 Å². The van der Waals surface area contributed by atoms with Crippen LogP contribution in [-0.4, -0.2) is 23.3 Å². The first kappa shape index (κ1) is 14.4. The molecule has 1 aromatic carbocycles. The van der Waals surface area contributed by atoms with E-state index in [0.29, 0.717) is 18.4 Å². The van der Waals surface area contributed by atoms with E-state index >= 15 is 0 Å². The number of benzene rings is 1. The zero-order chi connectivity index (χ0) is 15.2. The zero-order valence-corrected chi connectivity index (χ0v) is 11.9. The molecule has 3 rings (SSSR count). The number of hydrogen-bond donors (Lipinski definition) is 0. The molecule has 0 N–H and O–H groups in total. The van der Waals surface area contributed by atoms with Crippen LogP contribution in [0.1, 0.15) is 44.2 Å². The number of carbonyl (C=O) groups is 1. The Morgan fingerprint density at radius 1 is 1.38 bits per heavy atom. The van der Waals surface area contributed by atoms with E-state index < -0.39 is 17.7 Å². The Bertz CT molecular complexity index is 562. The topological polar surface area (TPSA) is 20.3 Å². The number of nitrogens with zero attached hydrogens (tertiary/aromatic N) is 1. The van der Waals surface area contributed by atoms with Gasteiger partial charge in [0.25, 0.3) is 6.43 Å². The van der Waals surface area contributed by atoms with Gasteiger partial charge in [-0.15, -0.1) is 0 Å². The average molecular weight is 297 g/mol. The fourth-order valence-electron chi connectivity index (χ4n) is 3.83. The molecule has 2 heterocycles. The lowest BCUT2D eigenvalue weighted by Crippen LogP contribution is -2.40. The summed E-state index contributed by atoms with van der Waals surface area (Å²) in [6.45, 7) is 1.64. The summed E-state index contributed by atoms with van der Waals surface area (Å²) in [5, 5.41) is 0. The second kappa shape index (κ2) is 5.04. The molecule has 0 aliphatic carbocycles. The molecule has 2 fully saturated rings. The number of hydrogen-bond acceptors (Lipinski definition) is 1. The molecule has 3 atom stereocenters. The lowest BCUT2D eigenvalue weighted by molar-refractivity contribution is -0.146. The molecule has 1 amide bonds. The smallest absolute Gasteiger partial charge is 0.252 e. The van der Waals surface area contributed by atoms with Gasteiger partial charge in [-0.1, -0.05) is 19.1 Å². The van der Waals surface area contributed by atoms with Gasteiger partial charge < -0.3 is 4.90 Å². The monoisotopic (exact) mass is 297 g/mol. The van der Waals surface area contributed by atoms with Gasteiger partial charge in [0, 0.05) is 6.04 Å². The molecular weight excluding hydrogens is 279 g/mol. The Morgan fingerprint density at radius 2 is 2.14 bits per heavy atom. The van der Waals surface area contributed by atoms with Crippen LogP contribution in [0.2, 0.25) is 0 Å². The average Bonchev–Trinajstić information content (AvgIpc) is 2.98. The SMILES string of the molecule is CC[C@]1(C(F)F)C[C@@H]2CC[C@@H](c3cccc(F)c3)N2C1=O. The quantitative estimate of drug-likeness (QED) is 0.828. The number of rotatable bonds is 3. The number of amides is 1. The van der Waals surface area contributed by atoms with Gasteiger partial charge in [0.1, 0.15) is 11.2 Å². The second-order valence-electron chi connectivity index (χ2n) is 6.03. The van der Waals surface area contributed by atoms with Crippen molar-refractivity contribution < 1.29 is 18.0 Å². The van der Waals surface area contributed by atoms with Gasteiger partial charge in [-0.05, 0) is 43.4 Å². The van der Waals surface area contributed by atoms with Gasteiger partial charge in [0.2, 0.25) is 5.91 Å². The largest absolute Gasteiger partial charge is 0.332 e. The van der Waals surface area contributed by atoms with E-state index in [9.17, 15) is 18.0 Å². The van der Waals surface area contributed by atoms with Gasteiger partial charge in [0.15, 0.2) is 0 Å². The van der Waals surface area contributed by atoms with Crippen molar-refractivity contribution in [1.29, 1.82) is 0 Å². The minimum Gasteiger partial charge on any atom is -0.332 e. The van der Waals surface area contributed by atoms with Gasteiger partial charge in [-0.25, -0.2) is 13.2 Å². The lowest BCUT2D eigenvalue weighted by atomic mass is 9.81. The van der Waals surface area contributed by atoms with Crippen molar-refractivity contribution in [3.05, 3.63) is 35.6 Å². The second-order valence-corrected chi connectivity index (χ2v) is 6.03. The van der Waals surface area contributed by atoms with Crippen molar-refractivity contribution in [3.8, 4) is 0 Å². The van der Waals surface area contributed by atoms with Crippen molar-refractivity contribution in [3.63, 3.8) is 0 Å². The normalized spacial score (nSPS) is 32.0. The standard InChI is InChI=1S/C16H18F3NO/c1-2-16(14(18)19)9-12-6-7-13(20(12)15(16)21)10-4-3-5-11(17)8-10/h3-5,8,12-14H,2,6-7,9H2,1H3/t12-,13-,16+/m0/s1.